The van der Waals surface area contributed by atoms with Crippen molar-refractivity contribution in [2.24, 2.45) is 5.92 Å². The normalized spacial score (nSPS) is 19.9. The van der Waals surface area contributed by atoms with Crippen LogP contribution in [0.4, 0.5) is 5.69 Å². The fourth-order valence-electron chi connectivity index (χ4n) is 2.62. The number of anilines is 1. The molecule has 0 radical (unpaired) electrons. The highest BCUT2D eigenvalue weighted by molar-refractivity contribution is 5.39. The maximum Gasteiger partial charge on any atom is 0.0728 e. The van der Waals surface area contributed by atoms with Gasteiger partial charge in [0.25, 0.3) is 0 Å². The van der Waals surface area contributed by atoms with Crippen LogP contribution in [0, 0.1) is 5.92 Å². The summed E-state index contributed by atoms with van der Waals surface area (Å²) >= 11 is 0. The van der Waals surface area contributed by atoms with Crippen molar-refractivity contribution in [3.8, 4) is 0 Å². The summed E-state index contributed by atoms with van der Waals surface area (Å²) in [4.78, 5) is 0. The molecule has 2 atom stereocenters. The molecule has 106 valence electrons. The van der Waals surface area contributed by atoms with Crippen LogP contribution in [0.2, 0.25) is 0 Å². The van der Waals surface area contributed by atoms with Crippen molar-refractivity contribution in [1.29, 1.82) is 0 Å². The predicted octanol–water partition coefficient (Wildman–Crippen LogP) is 2.77. The van der Waals surface area contributed by atoms with E-state index in [4.69, 9.17) is 4.74 Å². The largest absolute Gasteiger partial charge is 0.381 e. The van der Waals surface area contributed by atoms with Gasteiger partial charge in [0.1, 0.15) is 0 Å². The third-order valence-corrected chi connectivity index (χ3v) is 3.89. The first kappa shape index (κ1) is 13.2. The summed E-state index contributed by atoms with van der Waals surface area (Å²) < 4.78 is 7.41. The molecule has 2 unspecified atom stereocenters. The summed E-state index contributed by atoms with van der Waals surface area (Å²) in [5, 5.41) is 7.94. The Kier molecular flexibility index (Phi) is 4.02. The van der Waals surface area contributed by atoms with E-state index in [1.54, 1.807) is 0 Å². The van der Waals surface area contributed by atoms with Crippen molar-refractivity contribution in [3.05, 3.63) is 48.3 Å². The summed E-state index contributed by atoms with van der Waals surface area (Å²) in [5.41, 5.74) is 2.35. The number of nitrogens with zero attached hydrogens (tertiary/aromatic N) is 2. The SMILES string of the molecule is CC(Nc1cnn(Cc2ccccc2)c1)C1CCOC1. The van der Waals surface area contributed by atoms with Crippen molar-refractivity contribution in [2.45, 2.75) is 25.9 Å². The molecule has 4 heteroatoms. The van der Waals surface area contributed by atoms with Gasteiger partial charge in [-0.25, -0.2) is 0 Å². The zero-order valence-electron chi connectivity index (χ0n) is 11.8. The molecule has 1 aliphatic heterocycles. The lowest BCUT2D eigenvalue weighted by atomic mass is 10.0. The highest BCUT2D eigenvalue weighted by atomic mass is 16.5. The summed E-state index contributed by atoms with van der Waals surface area (Å²) in [7, 11) is 0. The van der Waals surface area contributed by atoms with Gasteiger partial charge in [-0.15, -0.1) is 0 Å². The molecule has 1 aromatic heterocycles. The Bertz CT molecular complexity index is 532. The number of aromatic nitrogens is 2. The molecule has 0 saturated carbocycles. The van der Waals surface area contributed by atoms with Gasteiger partial charge >= 0.3 is 0 Å². The van der Waals surface area contributed by atoms with Crippen molar-refractivity contribution < 1.29 is 4.74 Å². The number of hydrogen-bond donors (Lipinski definition) is 1. The van der Waals surface area contributed by atoms with Gasteiger partial charge in [-0.3, -0.25) is 4.68 Å². The van der Waals surface area contributed by atoms with Crippen LogP contribution < -0.4 is 5.32 Å². The van der Waals surface area contributed by atoms with E-state index in [-0.39, 0.29) is 0 Å². The quantitative estimate of drug-likeness (QED) is 0.909. The molecule has 1 saturated heterocycles. The monoisotopic (exact) mass is 271 g/mol. The topological polar surface area (TPSA) is 39.1 Å². The van der Waals surface area contributed by atoms with E-state index in [0.29, 0.717) is 12.0 Å². The number of ether oxygens (including phenoxy) is 1. The van der Waals surface area contributed by atoms with Crippen molar-refractivity contribution in [3.63, 3.8) is 0 Å². The lowest BCUT2D eigenvalue weighted by molar-refractivity contribution is 0.183. The van der Waals surface area contributed by atoms with Gasteiger partial charge in [0.15, 0.2) is 0 Å². The number of hydrogen-bond acceptors (Lipinski definition) is 3. The third kappa shape index (κ3) is 3.20. The van der Waals surface area contributed by atoms with Gasteiger partial charge in [0, 0.05) is 24.8 Å². The molecule has 0 bridgehead atoms. The predicted molar refractivity (Wildman–Crippen MR) is 79.8 cm³/mol. The van der Waals surface area contributed by atoms with Crippen molar-refractivity contribution in [2.75, 3.05) is 18.5 Å². The van der Waals surface area contributed by atoms with Crippen LogP contribution in [0.15, 0.2) is 42.7 Å². The summed E-state index contributed by atoms with van der Waals surface area (Å²) in [6.45, 7) is 4.79. The fraction of sp³-hybridized carbons (Fsp3) is 0.438. The zero-order chi connectivity index (χ0) is 13.8. The molecule has 2 heterocycles. The Morgan fingerprint density at radius 1 is 1.40 bits per heavy atom. The first-order valence-corrected chi connectivity index (χ1v) is 7.22. The highest BCUT2D eigenvalue weighted by Gasteiger charge is 2.22. The van der Waals surface area contributed by atoms with Crippen LogP contribution in [0.5, 0.6) is 0 Å². The second kappa shape index (κ2) is 6.09. The minimum absolute atomic E-state index is 0.423. The lowest BCUT2D eigenvalue weighted by Crippen LogP contribution is -2.25. The molecule has 1 N–H and O–H groups in total. The van der Waals surface area contributed by atoms with Gasteiger partial charge in [-0.1, -0.05) is 30.3 Å². The Morgan fingerprint density at radius 3 is 3.00 bits per heavy atom. The van der Waals surface area contributed by atoms with Gasteiger partial charge < -0.3 is 10.1 Å². The molecule has 4 nitrogen and oxygen atoms in total. The first-order valence-electron chi connectivity index (χ1n) is 7.22. The van der Waals surface area contributed by atoms with E-state index >= 15 is 0 Å². The second-order valence-electron chi connectivity index (χ2n) is 5.47. The smallest absolute Gasteiger partial charge is 0.0728 e. The molecule has 20 heavy (non-hydrogen) atoms. The molecular formula is C16H21N3O. The first-order chi connectivity index (χ1) is 9.81. The van der Waals surface area contributed by atoms with Gasteiger partial charge in [-0.2, -0.15) is 5.10 Å². The van der Waals surface area contributed by atoms with Crippen LogP contribution in [0.1, 0.15) is 18.9 Å². The Hall–Kier alpha value is -1.81. The lowest BCUT2D eigenvalue weighted by Gasteiger charge is -2.19. The fourth-order valence-corrected chi connectivity index (χ4v) is 2.62. The molecule has 1 aromatic carbocycles. The van der Waals surface area contributed by atoms with Gasteiger partial charge in [-0.05, 0) is 18.9 Å². The van der Waals surface area contributed by atoms with E-state index in [0.717, 1.165) is 31.9 Å². The highest BCUT2D eigenvalue weighted by Crippen LogP contribution is 2.20. The minimum atomic E-state index is 0.423. The number of nitrogens with one attached hydrogen (secondary N) is 1. The Labute approximate surface area is 119 Å². The van der Waals surface area contributed by atoms with Crippen LogP contribution in [0.3, 0.4) is 0 Å². The van der Waals surface area contributed by atoms with Crippen LogP contribution >= 0.6 is 0 Å². The average Bonchev–Trinajstić information content (AvgIpc) is 3.11. The molecule has 1 aliphatic rings. The third-order valence-electron chi connectivity index (χ3n) is 3.89. The van der Waals surface area contributed by atoms with E-state index in [2.05, 4.69) is 47.8 Å². The average molecular weight is 271 g/mol. The molecule has 0 aliphatic carbocycles. The van der Waals surface area contributed by atoms with Crippen LogP contribution in [0.25, 0.3) is 0 Å². The minimum Gasteiger partial charge on any atom is -0.381 e. The van der Waals surface area contributed by atoms with E-state index in [1.165, 1.54) is 5.56 Å². The standard InChI is InChI=1S/C16H21N3O/c1-13(15-7-8-20-12-15)18-16-9-17-19(11-16)10-14-5-3-2-4-6-14/h2-6,9,11,13,15,18H,7-8,10,12H2,1H3. The molecular weight excluding hydrogens is 250 g/mol. The maximum atomic E-state index is 5.44. The Morgan fingerprint density at radius 2 is 2.25 bits per heavy atom. The van der Waals surface area contributed by atoms with E-state index in [1.807, 2.05) is 16.9 Å². The zero-order valence-corrected chi connectivity index (χ0v) is 11.8. The number of benzene rings is 1. The summed E-state index contributed by atoms with van der Waals surface area (Å²) in [6.07, 6.45) is 5.11. The van der Waals surface area contributed by atoms with Crippen LogP contribution in [-0.2, 0) is 11.3 Å². The van der Waals surface area contributed by atoms with E-state index < -0.39 is 0 Å². The molecule has 0 spiro atoms. The van der Waals surface area contributed by atoms with Crippen molar-refractivity contribution >= 4 is 5.69 Å². The second-order valence-corrected chi connectivity index (χ2v) is 5.47. The molecule has 1 fully saturated rings. The molecule has 2 aromatic rings. The Balaban J connectivity index is 1.59. The van der Waals surface area contributed by atoms with Gasteiger partial charge in [0.2, 0.25) is 0 Å². The van der Waals surface area contributed by atoms with Gasteiger partial charge in [0.05, 0.1) is 25.0 Å². The molecule has 3 rings (SSSR count). The molecule has 0 amide bonds. The maximum absolute atomic E-state index is 5.44. The summed E-state index contributed by atoms with van der Waals surface area (Å²) in [6, 6.07) is 10.8. The summed E-state index contributed by atoms with van der Waals surface area (Å²) in [5.74, 6) is 0.604. The van der Waals surface area contributed by atoms with Crippen LogP contribution in [-0.4, -0.2) is 29.0 Å². The van der Waals surface area contributed by atoms with Crippen molar-refractivity contribution in [1.82, 2.24) is 9.78 Å². The number of rotatable bonds is 5. The van der Waals surface area contributed by atoms with E-state index in [9.17, 15) is 0 Å².